The van der Waals surface area contributed by atoms with Crippen LogP contribution < -0.4 is 0 Å². The highest BCUT2D eigenvalue weighted by molar-refractivity contribution is 6.30. The number of nitrogens with zero attached hydrogens (tertiary/aromatic N) is 2. The second-order valence-corrected chi connectivity index (χ2v) is 4.99. The van der Waals surface area contributed by atoms with Crippen LogP contribution in [0.15, 0.2) is 42.6 Å². The van der Waals surface area contributed by atoms with E-state index in [1.54, 1.807) is 18.3 Å². The molecule has 100 valence electrons. The number of pyridine rings is 1. The lowest BCUT2D eigenvalue weighted by Crippen LogP contribution is -2.03. The summed E-state index contributed by atoms with van der Waals surface area (Å²) in [5, 5.41) is 9.92. The molecular formula is C15H11ClN2O2. The molecule has 0 aliphatic carbocycles. The Balaban J connectivity index is 2.32. The van der Waals surface area contributed by atoms with Crippen molar-refractivity contribution in [2.24, 2.45) is 0 Å². The van der Waals surface area contributed by atoms with Gasteiger partial charge in [-0.3, -0.25) is 4.40 Å². The topological polar surface area (TPSA) is 54.6 Å². The Morgan fingerprint density at radius 3 is 2.55 bits per heavy atom. The molecule has 0 amide bonds. The molecule has 4 nitrogen and oxygen atoms in total. The van der Waals surface area contributed by atoms with Crippen LogP contribution in [0.5, 0.6) is 0 Å². The minimum atomic E-state index is -1.03. The normalized spacial score (nSPS) is 10.9. The van der Waals surface area contributed by atoms with E-state index in [2.05, 4.69) is 4.98 Å². The molecule has 0 aliphatic rings. The van der Waals surface area contributed by atoms with E-state index < -0.39 is 5.97 Å². The molecule has 1 aromatic carbocycles. The van der Waals surface area contributed by atoms with E-state index in [-0.39, 0.29) is 5.69 Å². The predicted molar refractivity (Wildman–Crippen MR) is 77.3 cm³/mol. The molecule has 5 heteroatoms. The van der Waals surface area contributed by atoms with Crippen LogP contribution in [0.3, 0.4) is 0 Å². The maximum Gasteiger partial charge on any atom is 0.355 e. The lowest BCUT2D eigenvalue weighted by molar-refractivity contribution is 0.0690. The van der Waals surface area contributed by atoms with Crippen LogP contribution in [-0.2, 0) is 0 Å². The van der Waals surface area contributed by atoms with Gasteiger partial charge in [0, 0.05) is 11.8 Å². The van der Waals surface area contributed by atoms with Gasteiger partial charge in [-0.25, -0.2) is 9.78 Å². The number of imidazole rings is 1. The number of aromatic nitrogens is 2. The summed E-state index contributed by atoms with van der Waals surface area (Å²) in [6.07, 6.45) is 1.56. The summed E-state index contributed by atoms with van der Waals surface area (Å²) in [6, 6.07) is 11.0. The minimum Gasteiger partial charge on any atom is -0.476 e. The van der Waals surface area contributed by atoms with Gasteiger partial charge in [0.2, 0.25) is 0 Å². The summed E-state index contributed by atoms with van der Waals surface area (Å²) in [5.74, 6) is -1.03. The summed E-state index contributed by atoms with van der Waals surface area (Å²) in [6.45, 7) is 1.98. The quantitative estimate of drug-likeness (QED) is 0.782. The van der Waals surface area contributed by atoms with Crippen molar-refractivity contribution >= 4 is 23.2 Å². The Labute approximate surface area is 120 Å². The summed E-state index contributed by atoms with van der Waals surface area (Å²) in [7, 11) is 0. The molecule has 0 saturated heterocycles. The monoisotopic (exact) mass is 286 g/mol. The van der Waals surface area contributed by atoms with Crippen LogP contribution in [0.1, 0.15) is 16.1 Å². The predicted octanol–water partition coefficient (Wildman–Crippen LogP) is 3.66. The average molecular weight is 287 g/mol. The average Bonchev–Trinajstić information content (AvgIpc) is 2.78. The number of benzene rings is 1. The summed E-state index contributed by atoms with van der Waals surface area (Å²) >= 11 is 5.93. The fraction of sp³-hybridized carbons (Fsp3) is 0.0667. The lowest BCUT2D eigenvalue weighted by atomic mass is 10.1. The Kier molecular flexibility index (Phi) is 2.95. The van der Waals surface area contributed by atoms with Crippen LogP contribution in [-0.4, -0.2) is 20.5 Å². The third-order valence-electron chi connectivity index (χ3n) is 3.11. The maximum atomic E-state index is 11.5. The molecule has 3 rings (SSSR count). The second-order valence-electron chi connectivity index (χ2n) is 4.56. The third-order valence-corrected chi connectivity index (χ3v) is 3.33. The van der Waals surface area contributed by atoms with E-state index in [1.807, 2.05) is 31.2 Å². The number of carboxylic acid groups (broad SMARTS) is 1. The first-order valence-corrected chi connectivity index (χ1v) is 6.42. The molecular weight excluding hydrogens is 276 g/mol. The van der Waals surface area contributed by atoms with Gasteiger partial charge in [-0.1, -0.05) is 41.4 Å². The number of carbonyl (C=O) groups is 1. The van der Waals surface area contributed by atoms with Gasteiger partial charge in [-0.05, 0) is 19.1 Å². The Hall–Kier alpha value is -2.33. The highest BCUT2D eigenvalue weighted by Crippen LogP contribution is 2.26. The number of fused-ring (bicyclic) bond motifs is 1. The van der Waals surface area contributed by atoms with E-state index in [0.29, 0.717) is 16.4 Å². The molecule has 0 saturated carbocycles. The van der Waals surface area contributed by atoms with Crippen LogP contribution in [0.2, 0.25) is 5.02 Å². The van der Waals surface area contributed by atoms with Crippen molar-refractivity contribution in [1.82, 2.24) is 9.38 Å². The minimum absolute atomic E-state index is 0.117. The zero-order chi connectivity index (χ0) is 14.3. The molecule has 0 radical (unpaired) electrons. The van der Waals surface area contributed by atoms with Gasteiger partial charge in [0.15, 0.2) is 5.69 Å². The fourth-order valence-electron chi connectivity index (χ4n) is 2.14. The van der Waals surface area contributed by atoms with E-state index in [0.717, 1.165) is 11.1 Å². The van der Waals surface area contributed by atoms with Gasteiger partial charge in [0.05, 0.1) is 5.02 Å². The molecule has 20 heavy (non-hydrogen) atoms. The highest BCUT2D eigenvalue weighted by atomic mass is 35.5. The van der Waals surface area contributed by atoms with E-state index in [1.165, 1.54) is 4.40 Å². The molecule has 1 N–H and O–H groups in total. The van der Waals surface area contributed by atoms with E-state index in [4.69, 9.17) is 11.6 Å². The molecule has 0 aliphatic heterocycles. The summed E-state index contributed by atoms with van der Waals surface area (Å²) in [5.41, 5.74) is 3.00. The Morgan fingerprint density at radius 2 is 1.90 bits per heavy atom. The molecule has 0 atom stereocenters. The molecule has 2 heterocycles. The number of aryl methyl sites for hydroxylation is 1. The fourth-order valence-corrected chi connectivity index (χ4v) is 2.30. The summed E-state index contributed by atoms with van der Waals surface area (Å²) < 4.78 is 1.50. The van der Waals surface area contributed by atoms with E-state index >= 15 is 0 Å². The molecule has 2 aromatic heterocycles. The SMILES string of the molecule is Cc1ccc(-c2nc3ccc(Cl)cn3c2C(=O)O)cc1. The van der Waals surface area contributed by atoms with Gasteiger partial charge < -0.3 is 5.11 Å². The Bertz CT molecular complexity index is 807. The van der Waals surface area contributed by atoms with Crippen molar-refractivity contribution < 1.29 is 9.90 Å². The second kappa shape index (κ2) is 4.65. The zero-order valence-corrected chi connectivity index (χ0v) is 11.4. The number of rotatable bonds is 2. The van der Waals surface area contributed by atoms with Gasteiger partial charge in [0.25, 0.3) is 0 Å². The standard InChI is InChI=1S/C15H11ClN2O2/c1-9-2-4-10(5-3-9)13-14(15(19)20)18-8-11(16)6-7-12(18)17-13/h2-8H,1H3,(H,19,20). The van der Waals surface area contributed by atoms with Crippen molar-refractivity contribution in [3.63, 3.8) is 0 Å². The summed E-state index contributed by atoms with van der Waals surface area (Å²) in [4.78, 5) is 15.9. The number of hydrogen-bond acceptors (Lipinski definition) is 2. The molecule has 0 fully saturated rings. The smallest absolute Gasteiger partial charge is 0.355 e. The van der Waals surface area contributed by atoms with Crippen LogP contribution in [0, 0.1) is 6.92 Å². The molecule has 0 spiro atoms. The van der Waals surface area contributed by atoms with E-state index in [9.17, 15) is 9.90 Å². The van der Waals surface area contributed by atoms with Crippen molar-refractivity contribution in [2.75, 3.05) is 0 Å². The van der Waals surface area contributed by atoms with Gasteiger partial charge >= 0.3 is 5.97 Å². The first-order chi connectivity index (χ1) is 9.56. The van der Waals surface area contributed by atoms with Gasteiger partial charge in [-0.2, -0.15) is 0 Å². The zero-order valence-electron chi connectivity index (χ0n) is 10.7. The molecule has 0 bridgehead atoms. The number of aromatic carboxylic acids is 1. The first kappa shape index (κ1) is 12.7. The van der Waals surface area contributed by atoms with Gasteiger partial charge in [-0.15, -0.1) is 0 Å². The number of hydrogen-bond donors (Lipinski definition) is 1. The largest absolute Gasteiger partial charge is 0.476 e. The maximum absolute atomic E-state index is 11.5. The van der Waals surface area contributed by atoms with Gasteiger partial charge in [0.1, 0.15) is 11.3 Å². The van der Waals surface area contributed by atoms with Crippen molar-refractivity contribution in [1.29, 1.82) is 0 Å². The number of carboxylic acids is 1. The lowest BCUT2D eigenvalue weighted by Gasteiger charge is -2.01. The van der Waals surface area contributed by atoms with Crippen molar-refractivity contribution in [3.8, 4) is 11.3 Å². The Morgan fingerprint density at radius 1 is 1.20 bits per heavy atom. The van der Waals surface area contributed by atoms with Crippen molar-refractivity contribution in [3.05, 3.63) is 58.9 Å². The van der Waals surface area contributed by atoms with Crippen molar-refractivity contribution in [2.45, 2.75) is 6.92 Å². The van der Waals surface area contributed by atoms with Crippen LogP contribution in [0.4, 0.5) is 0 Å². The number of halogens is 1. The van der Waals surface area contributed by atoms with Crippen LogP contribution >= 0.6 is 11.6 Å². The first-order valence-electron chi connectivity index (χ1n) is 6.04. The third kappa shape index (κ3) is 2.04. The highest BCUT2D eigenvalue weighted by Gasteiger charge is 2.19. The van der Waals surface area contributed by atoms with Crippen LogP contribution in [0.25, 0.3) is 16.9 Å². The molecule has 0 unspecified atom stereocenters. The molecule has 3 aromatic rings.